The molecule has 9 heteroatoms. The number of ether oxygens (including phenoxy) is 1. The number of carbonyl (C=O) groups excluding carboxylic acids is 1. The minimum absolute atomic E-state index is 0.00595. The van der Waals surface area contributed by atoms with Crippen LogP contribution in [0.4, 0.5) is 5.69 Å². The molecule has 0 spiro atoms. The molecule has 0 unspecified atom stereocenters. The van der Waals surface area contributed by atoms with Crippen LogP contribution in [0.25, 0.3) is 11.1 Å². The number of nitrogens with two attached hydrogens (primary N) is 1. The predicted molar refractivity (Wildman–Crippen MR) is 154 cm³/mol. The van der Waals surface area contributed by atoms with Gasteiger partial charge in [0.25, 0.3) is 5.91 Å². The van der Waals surface area contributed by atoms with Crippen LogP contribution in [0.5, 0.6) is 5.75 Å². The van der Waals surface area contributed by atoms with E-state index >= 15 is 0 Å². The summed E-state index contributed by atoms with van der Waals surface area (Å²) in [5, 5.41) is 13.6. The average molecular weight is 552 g/mol. The lowest BCUT2D eigenvalue weighted by molar-refractivity contribution is 0.0969. The van der Waals surface area contributed by atoms with Crippen LogP contribution < -0.4 is 20.5 Å². The Kier molecular flexibility index (Phi) is 9.61. The molecule has 208 valence electrons. The Hall–Kier alpha value is -3.40. The van der Waals surface area contributed by atoms with Crippen molar-refractivity contribution in [3.8, 4) is 16.9 Å². The number of amides is 1. The quantitative estimate of drug-likeness (QED) is 0.207. The monoisotopic (exact) mass is 551 g/mol. The maximum Gasteiger partial charge on any atom is 0.268 e. The molecule has 1 amide bonds. The smallest absolute Gasteiger partial charge is 0.268 e. The number of hydrogen-bond acceptors (Lipinski definition) is 7. The molecule has 0 radical (unpaired) electrons. The van der Waals surface area contributed by atoms with Crippen molar-refractivity contribution in [1.29, 1.82) is 0 Å². The minimum Gasteiger partial charge on any atom is -0.490 e. The molecule has 3 aromatic carbocycles. The lowest BCUT2D eigenvalue weighted by Gasteiger charge is -2.24. The fourth-order valence-corrected chi connectivity index (χ4v) is 5.24. The molecule has 1 fully saturated rings. The van der Waals surface area contributed by atoms with Gasteiger partial charge in [-0.25, -0.2) is 13.1 Å². The summed E-state index contributed by atoms with van der Waals surface area (Å²) in [7, 11) is -3.70. The summed E-state index contributed by atoms with van der Waals surface area (Å²) in [6.45, 7) is 1.15. The van der Waals surface area contributed by atoms with E-state index in [-0.39, 0.29) is 11.7 Å². The predicted octanol–water partition coefficient (Wildman–Crippen LogP) is 4.20. The van der Waals surface area contributed by atoms with Crippen LogP contribution in [-0.4, -0.2) is 44.9 Å². The summed E-state index contributed by atoms with van der Waals surface area (Å²) >= 11 is 0. The third-order valence-electron chi connectivity index (χ3n) is 6.86. The normalized spacial score (nSPS) is 15.0. The molecule has 1 atom stereocenters. The Morgan fingerprint density at radius 2 is 1.74 bits per heavy atom. The number of benzene rings is 3. The Labute approximate surface area is 230 Å². The molecule has 4 rings (SSSR count). The zero-order chi connectivity index (χ0) is 27.8. The van der Waals surface area contributed by atoms with E-state index in [4.69, 9.17) is 10.5 Å². The van der Waals surface area contributed by atoms with Gasteiger partial charge in [-0.15, -0.1) is 0 Å². The zero-order valence-corrected chi connectivity index (χ0v) is 23.0. The van der Waals surface area contributed by atoms with Crippen LogP contribution in [0.2, 0.25) is 0 Å². The Morgan fingerprint density at radius 3 is 2.44 bits per heavy atom. The van der Waals surface area contributed by atoms with Gasteiger partial charge in [0.05, 0.1) is 24.0 Å². The second kappa shape index (κ2) is 13.1. The third-order valence-corrected chi connectivity index (χ3v) is 7.42. The van der Waals surface area contributed by atoms with Crippen molar-refractivity contribution < 1.29 is 23.1 Å². The van der Waals surface area contributed by atoms with Gasteiger partial charge in [0, 0.05) is 12.2 Å². The summed E-state index contributed by atoms with van der Waals surface area (Å²) in [5.74, 6) is -0.300. The molecule has 3 aromatic rings. The minimum atomic E-state index is -3.70. The van der Waals surface area contributed by atoms with Gasteiger partial charge in [-0.05, 0) is 85.2 Å². The lowest BCUT2D eigenvalue weighted by Crippen LogP contribution is -2.30. The van der Waals surface area contributed by atoms with Gasteiger partial charge in [-0.1, -0.05) is 48.9 Å². The van der Waals surface area contributed by atoms with Crippen molar-refractivity contribution in [3.63, 3.8) is 0 Å². The number of hydrogen-bond donors (Lipinski definition) is 4. The molecule has 0 aromatic heterocycles. The van der Waals surface area contributed by atoms with Crippen molar-refractivity contribution in [2.45, 2.75) is 50.7 Å². The van der Waals surface area contributed by atoms with E-state index in [1.54, 1.807) is 24.3 Å². The van der Waals surface area contributed by atoms with Gasteiger partial charge in [-0.2, -0.15) is 0 Å². The molecule has 8 nitrogen and oxygen atoms in total. The highest BCUT2D eigenvalue weighted by molar-refractivity contribution is 7.89. The highest BCUT2D eigenvalue weighted by atomic mass is 32.2. The van der Waals surface area contributed by atoms with Crippen molar-refractivity contribution in [1.82, 2.24) is 10.0 Å². The first kappa shape index (κ1) is 28.6. The fraction of sp³-hybridized carbons (Fsp3) is 0.367. The first-order valence-corrected chi connectivity index (χ1v) is 15.2. The Bertz CT molecular complexity index is 1370. The summed E-state index contributed by atoms with van der Waals surface area (Å²) in [6.07, 6.45) is 6.29. The number of rotatable bonds is 11. The van der Waals surface area contributed by atoms with Gasteiger partial charge >= 0.3 is 0 Å². The Balaban J connectivity index is 1.40. The van der Waals surface area contributed by atoms with Crippen molar-refractivity contribution in [2.24, 2.45) is 0 Å². The second-order valence-corrected chi connectivity index (χ2v) is 11.9. The van der Waals surface area contributed by atoms with Crippen LogP contribution >= 0.6 is 0 Å². The maximum atomic E-state index is 12.7. The van der Waals surface area contributed by atoms with Gasteiger partial charge in [0.15, 0.2) is 0 Å². The van der Waals surface area contributed by atoms with Gasteiger partial charge in [0.1, 0.15) is 5.75 Å². The van der Waals surface area contributed by atoms with E-state index < -0.39 is 22.0 Å². The zero-order valence-electron chi connectivity index (χ0n) is 22.2. The SMILES string of the molecule is CS(=O)(=O)NC(=O)c1ccc(-c2ccc(CCNC[C@H](O)c3cccc(N)c3)cc2)cc1OC1CCCCC1. The van der Waals surface area contributed by atoms with Crippen LogP contribution in [0, 0.1) is 0 Å². The number of anilines is 1. The van der Waals surface area contributed by atoms with E-state index in [0.29, 0.717) is 24.5 Å². The molecule has 0 bridgehead atoms. The first-order chi connectivity index (χ1) is 18.7. The topological polar surface area (TPSA) is 131 Å². The number of nitrogen functional groups attached to an aromatic ring is 1. The molecule has 0 saturated heterocycles. The number of nitrogens with one attached hydrogen (secondary N) is 2. The third kappa shape index (κ3) is 8.54. The summed E-state index contributed by atoms with van der Waals surface area (Å²) in [5.41, 5.74) is 10.4. The molecular weight excluding hydrogens is 514 g/mol. The van der Waals surface area contributed by atoms with Crippen LogP contribution in [0.3, 0.4) is 0 Å². The molecule has 1 aliphatic carbocycles. The number of aliphatic hydroxyl groups is 1. The van der Waals surface area contributed by atoms with E-state index in [1.165, 1.54) is 6.42 Å². The standard InChI is InChI=1S/C30H37N3O5S/c1-39(36,37)33-30(35)27-15-14-23(19-29(27)38-26-8-3-2-4-9-26)22-12-10-21(11-13-22)16-17-32-20-28(34)24-6-5-7-25(31)18-24/h5-7,10-15,18-19,26,28,32,34H,2-4,8-9,16-17,20,31H2,1H3,(H,33,35)/t28-/m0/s1. The van der Waals surface area contributed by atoms with Crippen LogP contribution in [0.15, 0.2) is 66.7 Å². The van der Waals surface area contributed by atoms with E-state index in [1.807, 2.05) is 35.1 Å². The molecule has 5 N–H and O–H groups in total. The van der Waals surface area contributed by atoms with E-state index in [9.17, 15) is 18.3 Å². The van der Waals surface area contributed by atoms with Gasteiger partial charge in [-0.3, -0.25) is 4.79 Å². The Morgan fingerprint density at radius 1 is 1.03 bits per heavy atom. The van der Waals surface area contributed by atoms with Crippen molar-refractivity contribution in [3.05, 3.63) is 83.4 Å². The molecular formula is C30H37N3O5S. The van der Waals surface area contributed by atoms with Crippen molar-refractivity contribution in [2.75, 3.05) is 25.1 Å². The van der Waals surface area contributed by atoms with Crippen molar-refractivity contribution >= 4 is 21.6 Å². The first-order valence-electron chi connectivity index (χ1n) is 13.3. The highest BCUT2D eigenvalue weighted by Crippen LogP contribution is 2.31. The fourth-order valence-electron chi connectivity index (χ4n) is 4.79. The number of sulfonamides is 1. The summed E-state index contributed by atoms with van der Waals surface area (Å²) < 4.78 is 31.6. The van der Waals surface area contributed by atoms with Gasteiger partial charge < -0.3 is 20.9 Å². The lowest BCUT2D eigenvalue weighted by atomic mass is 9.97. The van der Waals surface area contributed by atoms with Crippen LogP contribution in [0.1, 0.15) is 59.7 Å². The largest absolute Gasteiger partial charge is 0.490 e. The summed E-state index contributed by atoms with van der Waals surface area (Å²) in [6, 6.07) is 20.7. The highest BCUT2D eigenvalue weighted by Gasteiger charge is 2.21. The number of carbonyl (C=O) groups is 1. The molecule has 1 saturated carbocycles. The number of aliphatic hydroxyl groups excluding tert-OH is 1. The van der Waals surface area contributed by atoms with Crippen LogP contribution in [-0.2, 0) is 16.4 Å². The summed E-state index contributed by atoms with van der Waals surface area (Å²) in [4.78, 5) is 12.7. The molecule has 0 aliphatic heterocycles. The second-order valence-electron chi connectivity index (χ2n) is 10.1. The van der Waals surface area contributed by atoms with E-state index in [2.05, 4.69) is 17.4 Å². The van der Waals surface area contributed by atoms with Gasteiger partial charge in [0.2, 0.25) is 10.0 Å². The molecule has 39 heavy (non-hydrogen) atoms. The average Bonchev–Trinajstić information content (AvgIpc) is 2.91. The molecule has 0 heterocycles. The maximum absolute atomic E-state index is 12.7. The molecule has 1 aliphatic rings. The van der Waals surface area contributed by atoms with E-state index in [0.717, 1.165) is 60.6 Å².